The monoisotopic (exact) mass is 224 g/mol. The summed E-state index contributed by atoms with van der Waals surface area (Å²) in [6.45, 7) is 0. The number of hydrogen-bond donors (Lipinski definition) is 0. The zero-order valence-electron chi connectivity index (χ0n) is 9.25. The zero-order valence-corrected chi connectivity index (χ0v) is 9.25. The van der Waals surface area contributed by atoms with Gasteiger partial charge in [0.05, 0.1) is 18.1 Å². The Morgan fingerprint density at radius 3 is 2.62 bits per heavy atom. The summed E-state index contributed by atoms with van der Waals surface area (Å²) < 4.78 is 4.90. The first-order valence-corrected chi connectivity index (χ1v) is 4.46. The Kier molecular flexibility index (Phi) is 3.76. The predicted molar refractivity (Wildman–Crippen MR) is 57.9 cm³/mol. The molecule has 7 heteroatoms. The third-order valence-corrected chi connectivity index (χ3v) is 1.71. The molecule has 0 bridgehead atoms. The lowest BCUT2D eigenvalue weighted by molar-refractivity contribution is -0.384. The Morgan fingerprint density at radius 1 is 1.44 bits per heavy atom. The van der Waals surface area contributed by atoms with Crippen LogP contribution in [0.3, 0.4) is 0 Å². The summed E-state index contributed by atoms with van der Waals surface area (Å²) in [6, 6.07) is 4.39. The van der Waals surface area contributed by atoms with Crippen molar-refractivity contribution >= 4 is 11.4 Å². The summed E-state index contributed by atoms with van der Waals surface area (Å²) >= 11 is 0. The average molecular weight is 224 g/mol. The summed E-state index contributed by atoms with van der Waals surface area (Å²) in [5.74, 6) is 0.413. The van der Waals surface area contributed by atoms with Crippen LogP contribution in [0.1, 0.15) is 0 Å². The van der Waals surface area contributed by atoms with Crippen LogP contribution in [-0.4, -0.2) is 31.1 Å². The van der Waals surface area contributed by atoms with E-state index in [0.717, 1.165) is 0 Å². The molecule has 86 valence electrons. The molecule has 0 fully saturated rings. The van der Waals surface area contributed by atoms with Crippen LogP contribution < -0.4 is 4.74 Å². The van der Waals surface area contributed by atoms with Gasteiger partial charge in [-0.15, -0.1) is 5.11 Å². The third-order valence-electron chi connectivity index (χ3n) is 1.71. The molecule has 0 saturated carbocycles. The molecule has 0 aliphatic heterocycles. The van der Waals surface area contributed by atoms with Crippen LogP contribution in [0.25, 0.3) is 0 Å². The van der Waals surface area contributed by atoms with Crippen LogP contribution in [0.5, 0.6) is 5.75 Å². The van der Waals surface area contributed by atoms with Crippen LogP contribution in [0, 0.1) is 10.1 Å². The molecule has 0 saturated heterocycles. The second kappa shape index (κ2) is 5.06. The van der Waals surface area contributed by atoms with E-state index < -0.39 is 4.92 Å². The molecule has 16 heavy (non-hydrogen) atoms. The topological polar surface area (TPSA) is 80.3 Å². The predicted octanol–water partition coefficient (Wildman–Crippen LogP) is 2.16. The fourth-order valence-corrected chi connectivity index (χ4v) is 0.999. The van der Waals surface area contributed by atoms with Crippen molar-refractivity contribution in [2.24, 2.45) is 10.3 Å². The lowest BCUT2D eigenvalue weighted by Gasteiger charge is -2.03. The standard InChI is InChI=1S/C9H12N4O3/c1-12(2)11-10-8-5-4-7(16-3)6-9(8)13(14)15/h4-6H,1-3H3. The lowest BCUT2D eigenvalue weighted by Crippen LogP contribution is -1.99. The minimum absolute atomic E-state index is 0.134. The molecular formula is C9H12N4O3. The molecule has 0 radical (unpaired) electrons. The Morgan fingerprint density at radius 2 is 2.12 bits per heavy atom. The molecule has 0 aliphatic rings. The van der Waals surface area contributed by atoms with E-state index in [1.54, 1.807) is 20.2 Å². The highest BCUT2D eigenvalue weighted by Crippen LogP contribution is 2.31. The van der Waals surface area contributed by atoms with Crippen LogP contribution in [0.2, 0.25) is 0 Å². The maximum Gasteiger partial charge on any atom is 0.300 e. The van der Waals surface area contributed by atoms with Crippen LogP contribution in [-0.2, 0) is 0 Å². The van der Waals surface area contributed by atoms with Gasteiger partial charge < -0.3 is 4.74 Å². The SMILES string of the molecule is COc1ccc(N=NN(C)C)c([N+](=O)[O-])c1. The van der Waals surface area contributed by atoms with Crippen molar-refractivity contribution in [3.63, 3.8) is 0 Å². The second-order valence-corrected chi connectivity index (χ2v) is 3.15. The van der Waals surface area contributed by atoms with Crippen LogP contribution in [0.4, 0.5) is 11.4 Å². The van der Waals surface area contributed by atoms with Crippen molar-refractivity contribution in [3.05, 3.63) is 28.3 Å². The summed E-state index contributed by atoms with van der Waals surface area (Å²) in [5.41, 5.74) is 0.0597. The Balaban J connectivity index is 3.13. The Hall–Kier alpha value is -2.18. The zero-order chi connectivity index (χ0) is 12.1. The normalized spacial score (nSPS) is 10.4. The minimum atomic E-state index is -0.521. The first kappa shape index (κ1) is 11.9. The van der Waals surface area contributed by atoms with Crippen LogP contribution in [0.15, 0.2) is 28.5 Å². The summed E-state index contributed by atoms with van der Waals surface area (Å²) in [7, 11) is 4.80. The number of hydrogen-bond acceptors (Lipinski definition) is 5. The van der Waals surface area contributed by atoms with Gasteiger partial charge in [0, 0.05) is 14.1 Å². The van der Waals surface area contributed by atoms with E-state index in [9.17, 15) is 10.1 Å². The molecule has 0 N–H and O–H groups in total. The number of nitrogens with zero attached hydrogens (tertiary/aromatic N) is 4. The summed E-state index contributed by atoms with van der Waals surface area (Å²) in [5, 5.41) is 19.7. The van der Waals surface area contributed by atoms with E-state index in [2.05, 4.69) is 10.3 Å². The van der Waals surface area contributed by atoms with E-state index in [1.165, 1.54) is 24.3 Å². The molecule has 7 nitrogen and oxygen atoms in total. The smallest absolute Gasteiger partial charge is 0.300 e. The van der Waals surface area contributed by atoms with Gasteiger partial charge in [0.1, 0.15) is 5.75 Å². The highest BCUT2D eigenvalue weighted by molar-refractivity contribution is 5.59. The molecule has 0 aromatic heterocycles. The van der Waals surface area contributed by atoms with Gasteiger partial charge in [0.2, 0.25) is 0 Å². The van der Waals surface area contributed by atoms with Crippen molar-refractivity contribution in [2.45, 2.75) is 0 Å². The Bertz CT molecular complexity index is 417. The van der Waals surface area contributed by atoms with Gasteiger partial charge in [-0.2, -0.15) is 0 Å². The van der Waals surface area contributed by atoms with Crippen molar-refractivity contribution in [3.8, 4) is 5.75 Å². The van der Waals surface area contributed by atoms with Gasteiger partial charge in [-0.1, -0.05) is 5.22 Å². The van der Waals surface area contributed by atoms with Gasteiger partial charge in [-0.3, -0.25) is 15.1 Å². The van der Waals surface area contributed by atoms with Gasteiger partial charge in [0.25, 0.3) is 5.69 Å². The highest BCUT2D eigenvalue weighted by atomic mass is 16.6. The van der Waals surface area contributed by atoms with E-state index in [4.69, 9.17) is 4.74 Å². The Labute approximate surface area is 92.5 Å². The highest BCUT2D eigenvalue weighted by Gasteiger charge is 2.14. The van der Waals surface area contributed by atoms with Gasteiger partial charge >= 0.3 is 0 Å². The molecule has 0 spiro atoms. The fourth-order valence-electron chi connectivity index (χ4n) is 0.999. The molecule has 0 unspecified atom stereocenters. The number of methoxy groups -OCH3 is 1. The van der Waals surface area contributed by atoms with E-state index >= 15 is 0 Å². The molecule has 0 amide bonds. The maximum absolute atomic E-state index is 10.8. The van der Waals surface area contributed by atoms with Crippen molar-refractivity contribution in [2.75, 3.05) is 21.2 Å². The largest absolute Gasteiger partial charge is 0.496 e. The molecule has 1 aromatic rings. The number of rotatable bonds is 4. The summed E-state index contributed by atoms with van der Waals surface area (Å²) in [6.07, 6.45) is 0. The molecule has 0 aliphatic carbocycles. The summed E-state index contributed by atoms with van der Waals surface area (Å²) in [4.78, 5) is 10.2. The quantitative estimate of drug-likeness (QED) is 0.446. The first-order chi connectivity index (χ1) is 7.54. The lowest BCUT2D eigenvalue weighted by atomic mass is 10.2. The molecule has 0 atom stereocenters. The van der Waals surface area contributed by atoms with E-state index in [-0.39, 0.29) is 11.4 Å². The number of benzene rings is 1. The molecule has 1 rings (SSSR count). The fraction of sp³-hybridized carbons (Fsp3) is 0.333. The van der Waals surface area contributed by atoms with Crippen LogP contribution >= 0.6 is 0 Å². The first-order valence-electron chi connectivity index (χ1n) is 4.46. The number of nitro benzene ring substituents is 1. The van der Waals surface area contributed by atoms with Gasteiger partial charge in [-0.05, 0) is 12.1 Å². The molecular weight excluding hydrogens is 212 g/mol. The van der Waals surface area contributed by atoms with Crippen molar-refractivity contribution in [1.82, 2.24) is 5.01 Å². The maximum atomic E-state index is 10.8. The van der Waals surface area contributed by atoms with Gasteiger partial charge in [-0.25, -0.2) is 0 Å². The number of nitro groups is 1. The minimum Gasteiger partial charge on any atom is -0.496 e. The van der Waals surface area contributed by atoms with E-state index in [1.807, 2.05) is 0 Å². The van der Waals surface area contributed by atoms with E-state index in [0.29, 0.717) is 5.75 Å². The van der Waals surface area contributed by atoms with Gasteiger partial charge in [0.15, 0.2) is 5.69 Å². The third kappa shape index (κ3) is 2.91. The molecule has 0 heterocycles. The number of ether oxygens (including phenoxy) is 1. The average Bonchev–Trinajstić information content (AvgIpc) is 2.25. The molecule has 1 aromatic carbocycles. The second-order valence-electron chi connectivity index (χ2n) is 3.15. The van der Waals surface area contributed by atoms with Crippen molar-refractivity contribution in [1.29, 1.82) is 0 Å². The van der Waals surface area contributed by atoms with Crippen molar-refractivity contribution < 1.29 is 9.66 Å².